The zero-order chi connectivity index (χ0) is 16.7. The van der Waals surface area contributed by atoms with Gasteiger partial charge in [-0.05, 0) is 25.0 Å². The van der Waals surface area contributed by atoms with Gasteiger partial charge in [-0.3, -0.25) is 10.1 Å². The Labute approximate surface area is 145 Å². The zero-order valence-electron chi connectivity index (χ0n) is 13.5. The highest BCUT2D eigenvalue weighted by atomic mass is 79.9. The molecule has 1 saturated carbocycles. The van der Waals surface area contributed by atoms with Gasteiger partial charge in [0.05, 0.1) is 7.05 Å². The molecule has 1 fully saturated rings. The highest BCUT2D eigenvalue weighted by Crippen LogP contribution is 2.17. The average Bonchev–Trinajstić information content (AvgIpc) is 2.50. The fraction of sp³-hybridized carbons (Fsp3) is 0.529. The Hall–Kier alpha value is -1.40. The summed E-state index contributed by atoms with van der Waals surface area (Å²) in [6.07, 6.45) is 5.56. The normalized spacial score (nSPS) is 16.6. The standard InChI is InChI=1S/C17H24BrN3O2/c1-21(11-13-7-9-14(18)10-8-13)12-16(22)20-17(23)19-15-5-3-2-4-6-15/h7-10,15H,2-6,11-12H2,1H3,(H2,19,20,22,23)/p+1. The SMILES string of the molecule is C[NH+](CC(=O)NC(=O)NC1CCCCC1)Cc1ccc(Br)cc1. The Balaban J connectivity index is 1.70. The number of amides is 3. The maximum Gasteiger partial charge on any atom is 0.321 e. The summed E-state index contributed by atoms with van der Waals surface area (Å²) in [5, 5.41) is 5.33. The van der Waals surface area contributed by atoms with E-state index in [4.69, 9.17) is 0 Å². The lowest BCUT2D eigenvalue weighted by Gasteiger charge is -2.22. The molecule has 1 aliphatic carbocycles. The summed E-state index contributed by atoms with van der Waals surface area (Å²) in [5.74, 6) is -0.243. The van der Waals surface area contributed by atoms with Crippen LogP contribution in [0.15, 0.2) is 28.7 Å². The number of likely N-dealkylation sites (N-methyl/N-ethyl adjacent to an activating group) is 1. The van der Waals surface area contributed by atoms with E-state index in [9.17, 15) is 9.59 Å². The highest BCUT2D eigenvalue weighted by Gasteiger charge is 2.18. The largest absolute Gasteiger partial charge is 0.335 e. The zero-order valence-corrected chi connectivity index (χ0v) is 15.1. The molecule has 23 heavy (non-hydrogen) atoms. The Morgan fingerprint density at radius 1 is 1.17 bits per heavy atom. The van der Waals surface area contributed by atoms with E-state index in [2.05, 4.69) is 26.6 Å². The smallest absolute Gasteiger partial charge is 0.321 e. The average molecular weight is 383 g/mol. The second-order valence-corrected chi connectivity index (χ2v) is 7.21. The first-order chi connectivity index (χ1) is 11.0. The number of nitrogens with one attached hydrogen (secondary N) is 3. The van der Waals surface area contributed by atoms with Gasteiger partial charge in [0, 0.05) is 16.1 Å². The summed E-state index contributed by atoms with van der Waals surface area (Å²) < 4.78 is 1.04. The fourth-order valence-corrected chi connectivity index (χ4v) is 3.19. The van der Waals surface area contributed by atoms with Crippen LogP contribution in [-0.2, 0) is 11.3 Å². The van der Waals surface area contributed by atoms with E-state index >= 15 is 0 Å². The molecule has 0 aliphatic heterocycles. The molecule has 5 nitrogen and oxygen atoms in total. The number of quaternary nitrogens is 1. The van der Waals surface area contributed by atoms with Gasteiger partial charge in [0.25, 0.3) is 5.91 Å². The first kappa shape index (κ1) is 17.9. The van der Waals surface area contributed by atoms with Gasteiger partial charge in [0.1, 0.15) is 6.54 Å². The van der Waals surface area contributed by atoms with Crippen molar-refractivity contribution in [2.24, 2.45) is 0 Å². The minimum Gasteiger partial charge on any atom is -0.335 e. The number of hydrogen-bond acceptors (Lipinski definition) is 2. The molecule has 1 aliphatic rings. The quantitative estimate of drug-likeness (QED) is 0.724. The molecule has 1 aromatic rings. The predicted octanol–water partition coefficient (Wildman–Crippen LogP) is 1.62. The number of imide groups is 1. The Bertz CT molecular complexity index is 527. The van der Waals surface area contributed by atoms with E-state index in [1.165, 1.54) is 6.42 Å². The molecular weight excluding hydrogens is 358 g/mol. The van der Waals surface area contributed by atoms with Crippen LogP contribution in [0.2, 0.25) is 0 Å². The summed E-state index contributed by atoms with van der Waals surface area (Å²) in [4.78, 5) is 24.8. The lowest BCUT2D eigenvalue weighted by Crippen LogP contribution is -3.09. The van der Waals surface area contributed by atoms with Crippen molar-refractivity contribution in [3.63, 3.8) is 0 Å². The number of carbonyl (C=O) groups excluding carboxylic acids is 2. The molecule has 1 atom stereocenters. The van der Waals surface area contributed by atoms with Crippen LogP contribution in [0.4, 0.5) is 4.79 Å². The van der Waals surface area contributed by atoms with Gasteiger partial charge < -0.3 is 10.2 Å². The minimum atomic E-state index is -0.363. The summed E-state index contributed by atoms with van der Waals surface area (Å²) in [5.41, 5.74) is 1.16. The number of benzene rings is 1. The molecule has 3 N–H and O–H groups in total. The van der Waals surface area contributed by atoms with Crippen molar-refractivity contribution in [2.75, 3.05) is 13.6 Å². The third-order valence-electron chi connectivity index (χ3n) is 4.07. The topological polar surface area (TPSA) is 62.6 Å². The summed E-state index contributed by atoms with van der Waals surface area (Å²) >= 11 is 3.40. The molecule has 6 heteroatoms. The molecule has 2 rings (SSSR count). The molecule has 0 heterocycles. The molecule has 0 spiro atoms. The van der Waals surface area contributed by atoms with E-state index in [1.807, 2.05) is 31.3 Å². The molecule has 0 radical (unpaired) electrons. The molecule has 3 amide bonds. The molecule has 1 unspecified atom stereocenters. The summed E-state index contributed by atoms with van der Waals surface area (Å²) in [7, 11) is 1.95. The first-order valence-corrected chi connectivity index (χ1v) is 8.98. The van der Waals surface area contributed by atoms with Crippen LogP contribution in [0.25, 0.3) is 0 Å². The summed E-state index contributed by atoms with van der Waals surface area (Å²) in [6.45, 7) is 1.01. The van der Waals surface area contributed by atoms with E-state index in [0.29, 0.717) is 0 Å². The van der Waals surface area contributed by atoms with Gasteiger partial charge in [-0.15, -0.1) is 0 Å². The van der Waals surface area contributed by atoms with Crippen molar-refractivity contribution in [1.29, 1.82) is 0 Å². The van der Waals surface area contributed by atoms with Crippen molar-refractivity contribution in [3.05, 3.63) is 34.3 Å². The molecule has 1 aromatic carbocycles. The lowest BCUT2D eigenvalue weighted by molar-refractivity contribution is -0.885. The summed E-state index contributed by atoms with van der Waals surface area (Å²) in [6, 6.07) is 7.88. The third-order valence-corrected chi connectivity index (χ3v) is 4.60. The maximum absolute atomic E-state index is 11.9. The van der Waals surface area contributed by atoms with Crippen LogP contribution in [0.3, 0.4) is 0 Å². The van der Waals surface area contributed by atoms with Crippen molar-refractivity contribution in [2.45, 2.75) is 44.7 Å². The van der Waals surface area contributed by atoms with Crippen molar-refractivity contribution >= 4 is 27.9 Å². The molecular formula is C17H25BrN3O2+. The lowest BCUT2D eigenvalue weighted by atomic mass is 9.96. The number of urea groups is 1. The fourth-order valence-electron chi connectivity index (χ4n) is 2.93. The number of rotatable bonds is 5. The monoisotopic (exact) mass is 382 g/mol. The van der Waals surface area contributed by atoms with Gasteiger partial charge in [0.15, 0.2) is 6.54 Å². The third kappa shape index (κ3) is 6.71. The van der Waals surface area contributed by atoms with Gasteiger partial charge >= 0.3 is 6.03 Å². The Kier molecular flexibility index (Phi) is 7.05. The van der Waals surface area contributed by atoms with Gasteiger partial charge in [0.2, 0.25) is 0 Å². The van der Waals surface area contributed by atoms with Crippen LogP contribution in [0.5, 0.6) is 0 Å². The van der Waals surface area contributed by atoms with Crippen LogP contribution < -0.4 is 15.5 Å². The minimum absolute atomic E-state index is 0.212. The van der Waals surface area contributed by atoms with Gasteiger partial charge in [-0.1, -0.05) is 47.3 Å². The van der Waals surface area contributed by atoms with Crippen LogP contribution in [0.1, 0.15) is 37.7 Å². The van der Waals surface area contributed by atoms with Crippen LogP contribution >= 0.6 is 15.9 Å². The van der Waals surface area contributed by atoms with Crippen LogP contribution in [-0.4, -0.2) is 31.6 Å². The van der Waals surface area contributed by atoms with Gasteiger partial charge in [-0.2, -0.15) is 0 Å². The van der Waals surface area contributed by atoms with Crippen molar-refractivity contribution < 1.29 is 14.5 Å². The Morgan fingerprint density at radius 2 is 1.83 bits per heavy atom. The predicted molar refractivity (Wildman–Crippen MR) is 93.1 cm³/mol. The number of carbonyl (C=O) groups is 2. The molecule has 0 bridgehead atoms. The van der Waals surface area contributed by atoms with E-state index in [-0.39, 0.29) is 24.5 Å². The maximum atomic E-state index is 11.9. The number of hydrogen-bond donors (Lipinski definition) is 3. The molecule has 0 aromatic heterocycles. The van der Waals surface area contributed by atoms with Crippen LogP contribution in [0, 0.1) is 0 Å². The highest BCUT2D eigenvalue weighted by molar-refractivity contribution is 9.10. The number of halogens is 1. The second-order valence-electron chi connectivity index (χ2n) is 6.29. The van der Waals surface area contributed by atoms with Crippen molar-refractivity contribution in [1.82, 2.24) is 10.6 Å². The molecule has 0 saturated heterocycles. The molecule has 126 valence electrons. The van der Waals surface area contributed by atoms with E-state index in [0.717, 1.165) is 47.2 Å². The second kappa shape index (κ2) is 9.03. The van der Waals surface area contributed by atoms with Gasteiger partial charge in [-0.25, -0.2) is 4.79 Å². The van der Waals surface area contributed by atoms with Crippen molar-refractivity contribution in [3.8, 4) is 0 Å². The van der Waals surface area contributed by atoms with E-state index < -0.39 is 0 Å². The Morgan fingerprint density at radius 3 is 2.48 bits per heavy atom. The first-order valence-electron chi connectivity index (χ1n) is 8.19. The van der Waals surface area contributed by atoms with E-state index in [1.54, 1.807) is 0 Å².